The van der Waals surface area contributed by atoms with Crippen molar-refractivity contribution in [3.05, 3.63) is 66.0 Å². The zero-order valence-corrected chi connectivity index (χ0v) is 18.1. The minimum Gasteiger partial charge on any atom is -0.492 e. The number of ether oxygens (including phenoxy) is 1. The van der Waals surface area contributed by atoms with Gasteiger partial charge in [-0.05, 0) is 31.5 Å². The number of thioether (sulfide) groups is 1. The third-order valence-electron chi connectivity index (χ3n) is 4.52. The van der Waals surface area contributed by atoms with Crippen LogP contribution in [-0.2, 0) is 11.3 Å². The second-order valence-electron chi connectivity index (χ2n) is 6.85. The van der Waals surface area contributed by atoms with Crippen LogP contribution >= 0.6 is 11.8 Å². The smallest absolute Gasteiger partial charge is 0.234 e. The number of aryl methyl sites for hydroxylation is 1. The Morgan fingerprint density at radius 1 is 1.13 bits per heavy atom. The Kier molecular flexibility index (Phi) is 6.42. The minimum absolute atomic E-state index is 0.157. The number of rotatable bonds is 8. The highest BCUT2D eigenvalue weighted by atomic mass is 32.2. The monoisotopic (exact) mass is 434 g/mol. The van der Waals surface area contributed by atoms with Crippen molar-refractivity contribution in [2.75, 3.05) is 17.7 Å². The molecule has 1 N–H and O–H groups in total. The largest absolute Gasteiger partial charge is 0.492 e. The lowest BCUT2D eigenvalue weighted by Crippen LogP contribution is -2.15. The number of nitrogens with one attached hydrogen (secondary N) is 1. The fraction of sp³-hybridized carbons (Fsp3) is 0.227. The van der Waals surface area contributed by atoms with E-state index in [4.69, 9.17) is 4.74 Å². The van der Waals surface area contributed by atoms with Gasteiger partial charge in [-0.2, -0.15) is 0 Å². The van der Waals surface area contributed by atoms with E-state index in [0.717, 1.165) is 5.56 Å². The summed E-state index contributed by atoms with van der Waals surface area (Å²) in [5.74, 6) is 0.667. The molecule has 8 nitrogen and oxygen atoms in total. The molecule has 1 amide bonds. The second-order valence-corrected chi connectivity index (χ2v) is 7.81. The van der Waals surface area contributed by atoms with Crippen molar-refractivity contribution in [2.45, 2.75) is 25.4 Å². The van der Waals surface area contributed by atoms with Gasteiger partial charge >= 0.3 is 0 Å². The van der Waals surface area contributed by atoms with Crippen molar-refractivity contribution < 1.29 is 9.53 Å². The topological polar surface area (TPSA) is 94.8 Å². The zero-order valence-electron chi connectivity index (χ0n) is 17.3. The number of benzene rings is 2. The average molecular weight is 435 g/mol. The van der Waals surface area contributed by atoms with Gasteiger partial charge < -0.3 is 10.1 Å². The molecule has 0 bridgehead atoms. The van der Waals surface area contributed by atoms with Crippen LogP contribution in [0.3, 0.4) is 0 Å². The predicted molar refractivity (Wildman–Crippen MR) is 120 cm³/mol. The predicted octanol–water partition coefficient (Wildman–Crippen LogP) is 3.71. The number of nitrogens with zero attached hydrogens (tertiary/aromatic N) is 5. The molecule has 2 aromatic heterocycles. The van der Waals surface area contributed by atoms with Gasteiger partial charge in [-0.15, -0.1) is 5.10 Å². The number of anilines is 1. The van der Waals surface area contributed by atoms with Crippen molar-refractivity contribution in [2.24, 2.45) is 0 Å². The zero-order chi connectivity index (χ0) is 21.6. The van der Waals surface area contributed by atoms with Gasteiger partial charge in [0, 0.05) is 0 Å². The Morgan fingerprint density at radius 3 is 2.74 bits per heavy atom. The molecule has 4 aromatic rings. The van der Waals surface area contributed by atoms with E-state index in [9.17, 15) is 4.79 Å². The molecule has 158 valence electrons. The van der Waals surface area contributed by atoms with E-state index in [1.165, 1.54) is 23.7 Å². The van der Waals surface area contributed by atoms with Gasteiger partial charge in [0.2, 0.25) is 5.91 Å². The molecule has 0 atom stereocenters. The molecule has 9 heteroatoms. The van der Waals surface area contributed by atoms with E-state index in [-0.39, 0.29) is 11.7 Å². The van der Waals surface area contributed by atoms with E-state index >= 15 is 0 Å². The third kappa shape index (κ3) is 5.00. The first kappa shape index (κ1) is 20.8. The van der Waals surface area contributed by atoms with Gasteiger partial charge in [0.15, 0.2) is 11.2 Å². The van der Waals surface area contributed by atoms with Crippen molar-refractivity contribution in [3.8, 4) is 5.75 Å². The van der Waals surface area contributed by atoms with Crippen LogP contribution in [0, 0.1) is 6.92 Å². The van der Waals surface area contributed by atoms with Crippen LogP contribution < -0.4 is 10.1 Å². The van der Waals surface area contributed by atoms with E-state index in [2.05, 4.69) is 56.8 Å². The molecule has 0 spiro atoms. The van der Waals surface area contributed by atoms with Crippen molar-refractivity contribution in [1.29, 1.82) is 0 Å². The van der Waals surface area contributed by atoms with Crippen LogP contribution in [0.5, 0.6) is 5.75 Å². The van der Waals surface area contributed by atoms with Crippen LogP contribution in [0.1, 0.15) is 18.1 Å². The maximum Gasteiger partial charge on any atom is 0.234 e. The van der Waals surface area contributed by atoms with Gasteiger partial charge in [0.05, 0.1) is 24.6 Å². The maximum absolute atomic E-state index is 12.5. The summed E-state index contributed by atoms with van der Waals surface area (Å²) in [6, 6.07) is 15.6. The summed E-state index contributed by atoms with van der Waals surface area (Å²) in [7, 11) is 0. The summed E-state index contributed by atoms with van der Waals surface area (Å²) in [4.78, 5) is 21.1. The molecule has 0 unspecified atom stereocenters. The quantitative estimate of drug-likeness (QED) is 0.334. The maximum atomic E-state index is 12.5. The van der Waals surface area contributed by atoms with E-state index in [0.29, 0.717) is 40.8 Å². The van der Waals surface area contributed by atoms with Crippen LogP contribution in [0.4, 0.5) is 5.69 Å². The molecule has 4 rings (SSSR count). The van der Waals surface area contributed by atoms with E-state index in [1.54, 1.807) is 4.68 Å². The van der Waals surface area contributed by atoms with Gasteiger partial charge in [-0.25, -0.2) is 14.6 Å². The highest BCUT2D eigenvalue weighted by Crippen LogP contribution is 2.26. The summed E-state index contributed by atoms with van der Waals surface area (Å²) in [5.41, 5.74) is 4.18. The number of para-hydroxylation sites is 2. The summed E-state index contributed by atoms with van der Waals surface area (Å²) in [6.07, 6.45) is 1.47. The second kappa shape index (κ2) is 9.57. The fourth-order valence-electron chi connectivity index (χ4n) is 3.02. The van der Waals surface area contributed by atoms with Gasteiger partial charge in [0.25, 0.3) is 0 Å². The Balaban J connectivity index is 1.45. The summed E-state index contributed by atoms with van der Waals surface area (Å²) in [5, 5.41) is 12.0. The Labute approximate surface area is 184 Å². The summed E-state index contributed by atoms with van der Waals surface area (Å²) < 4.78 is 7.29. The molecule has 0 aliphatic rings. The lowest BCUT2D eigenvalue weighted by Gasteiger charge is -2.11. The lowest BCUT2D eigenvalue weighted by molar-refractivity contribution is -0.113. The number of carbonyl (C=O) groups is 1. The highest BCUT2D eigenvalue weighted by molar-refractivity contribution is 8.00. The lowest BCUT2D eigenvalue weighted by atomic mass is 10.1. The van der Waals surface area contributed by atoms with Gasteiger partial charge in [-0.3, -0.25) is 4.79 Å². The summed E-state index contributed by atoms with van der Waals surface area (Å²) >= 11 is 1.30. The SMILES string of the molecule is CCOc1ccccc1NC(=O)CSc1ncnc2c1nnn2Cc1ccc(C)cc1. The number of fused-ring (bicyclic) bond motifs is 1. The van der Waals surface area contributed by atoms with Gasteiger partial charge in [0.1, 0.15) is 17.1 Å². The van der Waals surface area contributed by atoms with Crippen LogP contribution in [0.2, 0.25) is 0 Å². The first-order valence-corrected chi connectivity index (χ1v) is 10.9. The Morgan fingerprint density at radius 2 is 1.94 bits per heavy atom. The minimum atomic E-state index is -0.157. The molecule has 0 aliphatic carbocycles. The molecule has 0 fully saturated rings. The molecule has 31 heavy (non-hydrogen) atoms. The number of carbonyl (C=O) groups excluding carboxylic acids is 1. The van der Waals surface area contributed by atoms with Crippen molar-refractivity contribution in [3.63, 3.8) is 0 Å². The van der Waals surface area contributed by atoms with Crippen LogP contribution in [-0.4, -0.2) is 43.2 Å². The van der Waals surface area contributed by atoms with Gasteiger partial charge in [-0.1, -0.05) is 58.9 Å². The molecule has 2 aromatic carbocycles. The number of amides is 1. The first-order valence-electron chi connectivity index (χ1n) is 9.88. The average Bonchev–Trinajstić information content (AvgIpc) is 3.19. The van der Waals surface area contributed by atoms with Crippen LogP contribution in [0.15, 0.2) is 59.9 Å². The number of hydrogen-bond acceptors (Lipinski definition) is 7. The first-order chi connectivity index (χ1) is 15.1. The molecule has 2 heterocycles. The highest BCUT2D eigenvalue weighted by Gasteiger charge is 2.15. The van der Waals surface area contributed by atoms with Crippen molar-refractivity contribution >= 4 is 34.5 Å². The third-order valence-corrected chi connectivity index (χ3v) is 5.50. The molecule has 0 aliphatic heterocycles. The molecular formula is C22H22N6O2S. The van der Waals surface area contributed by atoms with E-state index in [1.807, 2.05) is 31.2 Å². The van der Waals surface area contributed by atoms with Crippen LogP contribution in [0.25, 0.3) is 11.2 Å². The summed E-state index contributed by atoms with van der Waals surface area (Å²) in [6.45, 7) is 5.04. The normalized spacial score (nSPS) is 10.9. The molecule has 0 radical (unpaired) electrons. The molecular weight excluding hydrogens is 412 g/mol. The number of hydrogen-bond donors (Lipinski definition) is 1. The molecule has 0 saturated carbocycles. The number of aromatic nitrogens is 5. The van der Waals surface area contributed by atoms with E-state index < -0.39 is 0 Å². The molecule has 0 saturated heterocycles. The van der Waals surface area contributed by atoms with Crippen molar-refractivity contribution in [1.82, 2.24) is 25.0 Å². The Hall–Kier alpha value is -3.46. The Bertz CT molecular complexity index is 1190. The standard InChI is InChI=1S/C22H22N6O2S/c1-3-30-18-7-5-4-6-17(18)25-19(29)13-31-22-20-21(23-14-24-22)28(27-26-20)12-16-10-8-15(2)9-11-16/h4-11,14H,3,12-13H2,1-2H3,(H,25,29). The fourth-order valence-corrected chi connectivity index (χ4v) is 3.75.